The largest absolute Gasteiger partial charge is 0.493 e. The van der Waals surface area contributed by atoms with Crippen LogP contribution in [0.2, 0.25) is 0 Å². The van der Waals surface area contributed by atoms with Gasteiger partial charge in [-0.2, -0.15) is 5.26 Å². The average Bonchev–Trinajstić information content (AvgIpc) is 3.18. The third-order valence-electron chi connectivity index (χ3n) is 4.47. The molecule has 0 unspecified atom stereocenters. The lowest BCUT2D eigenvalue weighted by Crippen LogP contribution is -2.34. The predicted octanol–water partition coefficient (Wildman–Crippen LogP) is 1.92. The first-order chi connectivity index (χ1) is 11.5. The third-order valence-corrected chi connectivity index (χ3v) is 4.47. The topological polar surface area (TPSA) is 89.8 Å². The molecule has 2 heterocycles. The molecule has 0 spiro atoms. The maximum absolute atomic E-state index is 12.1. The van der Waals surface area contributed by atoms with Crippen LogP contribution in [0, 0.1) is 16.7 Å². The maximum atomic E-state index is 12.1. The molecule has 0 aromatic heterocycles. The minimum absolute atomic E-state index is 0.133. The van der Waals surface area contributed by atoms with Crippen LogP contribution in [0.1, 0.15) is 31.9 Å². The molecule has 1 saturated heterocycles. The Morgan fingerprint density at radius 1 is 1.50 bits per heavy atom. The van der Waals surface area contributed by atoms with E-state index in [1.807, 2.05) is 19.1 Å². The van der Waals surface area contributed by atoms with Gasteiger partial charge in [-0.1, -0.05) is 0 Å². The molecule has 0 amide bonds. The Hall–Kier alpha value is -2.46. The van der Waals surface area contributed by atoms with E-state index in [1.165, 1.54) is 0 Å². The third kappa shape index (κ3) is 2.63. The standard InChI is InChI=1S/C17H20N2O5/c1-4-22-16(20)11-7-17(2,8-18)15(19-11)10-5-12(21-3)14-13(6-10)23-9-24-14/h5-6,11,15,19H,4,7,9H2,1-3H3/t11-,15-,17+/m0/s1. The van der Waals surface area contributed by atoms with Crippen molar-refractivity contribution in [1.29, 1.82) is 5.26 Å². The van der Waals surface area contributed by atoms with Crippen LogP contribution in [0.15, 0.2) is 12.1 Å². The van der Waals surface area contributed by atoms with Gasteiger partial charge in [0.15, 0.2) is 11.5 Å². The fraction of sp³-hybridized carbons (Fsp3) is 0.529. The highest BCUT2D eigenvalue weighted by Gasteiger charge is 2.48. The summed E-state index contributed by atoms with van der Waals surface area (Å²) < 4.78 is 21.3. The van der Waals surface area contributed by atoms with Crippen molar-refractivity contribution in [2.24, 2.45) is 5.41 Å². The molecule has 0 aliphatic carbocycles. The highest BCUT2D eigenvalue weighted by atomic mass is 16.7. The normalized spacial score (nSPS) is 27.6. The Kier molecular flexibility index (Phi) is 4.24. The van der Waals surface area contributed by atoms with E-state index in [0.29, 0.717) is 30.3 Å². The number of rotatable bonds is 4. The Morgan fingerprint density at radius 2 is 2.29 bits per heavy atom. The van der Waals surface area contributed by atoms with Crippen molar-refractivity contribution in [2.75, 3.05) is 20.5 Å². The summed E-state index contributed by atoms with van der Waals surface area (Å²) in [6, 6.07) is 5.11. The van der Waals surface area contributed by atoms with Crippen molar-refractivity contribution in [2.45, 2.75) is 32.4 Å². The van der Waals surface area contributed by atoms with Gasteiger partial charge in [0.2, 0.25) is 12.5 Å². The maximum Gasteiger partial charge on any atom is 0.323 e. The van der Waals surface area contributed by atoms with Gasteiger partial charge in [-0.3, -0.25) is 10.1 Å². The monoisotopic (exact) mass is 332 g/mol. The Morgan fingerprint density at radius 3 is 2.96 bits per heavy atom. The van der Waals surface area contributed by atoms with Crippen molar-refractivity contribution in [3.05, 3.63) is 17.7 Å². The minimum Gasteiger partial charge on any atom is -0.493 e. The van der Waals surface area contributed by atoms with Crippen LogP contribution in [0.3, 0.4) is 0 Å². The molecule has 24 heavy (non-hydrogen) atoms. The number of hydrogen-bond donors (Lipinski definition) is 1. The Balaban J connectivity index is 1.96. The van der Waals surface area contributed by atoms with E-state index < -0.39 is 11.5 Å². The van der Waals surface area contributed by atoms with Crippen LogP contribution < -0.4 is 19.5 Å². The lowest BCUT2D eigenvalue weighted by Gasteiger charge is -2.24. The molecule has 1 aromatic carbocycles. The molecule has 1 aromatic rings. The van der Waals surface area contributed by atoms with Crippen molar-refractivity contribution in [3.63, 3.8) is 0 Å². The summed E-state index contributed by atoms with van der Waals surface area (Å²) in [5.41, 5.74) is 0.0582. The molecule has 7 nitrogen and oxygen atoms in total. The molecule has 1 fully saturated rings. The lowest BCUT2D eigenvalue weighted by molar-refractivity contribution is -0.145. The van der Waals surface area contributed by atoms with E-state index in [2.05, 4.69) is 11.4 Å². The van der Waals surface area contributed by atoms with Crippen LogP contribution in [-0.2, 0) is 9.53 Å². The molecule has 2 aliphatic rings. The van der Waals surface area contributed by atoms with Crippen LogP contribution in [0.25, 0.3) is 0 Å². The van der Waals surface area contributed by atoms with E-state index >= 15 is 0 Å². The molecule has 0 radical (unpaired) electrons. The highest BCUT2D eigenvalue weighted by Crippen LogP contribution is 2.48. The van der Waals surface area contributed by atoms with E-state index in [0.717, 1.165) is 5.56 Å². The van der Waals surface area contributed by atoms with E-state index in [-0.39, 0.29) is 18.8 Å². The molecule has 1 N–H and O–H groups in total. The van der Waals surface area contributed by atoms with Gasteiger partial charge in [-0.15, -0.1) is 0 Å². The summed E-state index contributed by atoms with van der Waals surface area (Å²) in [7, 11) is 1.55. The number of carbonyl (C=O) groups is 1. The number of hydrogen-bond acceptors (Lipinski definition) is 7. The number of ether oxygens (including phenoxy) is 4. The number of methoxy groups -OCH3 is 1. The first-order valence-corrected chi connectivity index (χ1v) is 7.84. The van der Waals surface area contributed by atoms with Gasteiger partial charge < -0.3 is 18.9 Å². The minimum atomic E-state index is -0.754. The zero-order valence-electron chi connectivity index (χ0n) is 13.9. The van der Waals surface area contributed by atoms with Gasteiger partial charge in [0.05, 0.1) is 31.2 Å². The highest BCUT2D eigenvalue weighted by molar-refractivity contribution is 5.76. The number of esters is 1. The summed E-state index contributed by atoms with van der Waals surface area (Å²) >= 11 is 0. The first-order valence-electron chi connectivity index (χ1n) is 7.84. The fourth-order valence-electron chi connectivity index (χ4n) is 3.27. The first kappa shape index (κ1) is 16.4. The second kappa shape index (κ2) is 6.21. The number of benzene rings is 1. The van der Waals surface area contributed by atoms with Gasteiger partial charge >= 0.3 is 5.97 Å². The van der Waals surface area contributed by atoms with Crippen LogP contribution in [0.5, 0.6) is 17.2 Å². The zero-order valence-corrected chi connectivity index (χ0v) is 13.9. The van der Waals surface area contributed by atoms with E-state index in [1.54, 1.807) is 14.0 Å². The zero-order chi connectivity index (χ0) is 17.3. The van der Waals surface area contributed by atoms with Crippen molar-refractivity contribution >= 4 is 5.97 Å². The van der Waals surface area contributed by atoms with E-state index in [4.69, 9.17) is 18.9 Å². The summed E-state index contributed by atoms with van der Waals surface area (Å²) in [4.78, 5) is 12.1. The molecule has 0 bridgehead atoms. The molecule has 2 aliphatic heterocycles. The SMILES string of the molecule is CCOC(=O)[C@@H]1C[C@](C)(C#N)[C@H](c2cc(OC)c3c(c2)OCO3)N1. The van der Waals surface area contributed by atoms with E-state index in [9.17, 15) is 10.1 Å². The van der Waals surface area contributed by atoms with Crippen LogP contribution >= 0.6 is 0 Å². The number of fused-ring (bicyclic) bond motifs is 1. The number of nitrogens with one attached hydrogen (secondary N) is 1. The number of carbonyl (C=O) groups excluding carboxylic acids is 1. The lowest BCUT2D eigenvalue weighted by atomic mass is 9.80. The summed E-state index contributed by atoms with van der Waals surface area (Å²) in [6.45, 7) is 4.04. The Bertz CT molecular complexity index is 699. The van der Waals surface area contributed by atoms with Gasteiger partial charge in [-0.25, -0.2) is 0 Å². The summed E-state index contributed by atoms with van der Waals surface area (Å²) in [5.74, 6) is 1.33. The van der Waals surface area contributed by atoms with Gasteiger partial charge in [0.25, 0.3) is 0 Å². The van der Waals surface area contributed by atoms with Crippen LogP contribution in [-0.4, -0.2) is 32.5 Å². The summed E-state index contributed by atoms with van der Waals surface area (Å²) in [6.07, 6.45) is 0.379. The molecule has 7 heteroatoms. The molecular weight excluding hydrogens is 312 g/mol. The average molecular weight is 332 g/mol. The second-order valence-electron chi connectivity index (χ2n) is 6.09. The van der Waals surface area contributed by atoms with Gasteiger partial charge in [-0.05, 0) is 38.0 Å². The molecule has 3 atom stereocenters. The number of nitrogens with zero attached hydrogens (tertiary/aromatic N) is 1. The van der Waals surface area contributed by atoms with Crippen molar-refractivity contribution < 1.29 is 23.7 Å². The molecule has 0 saturated carbocycles. The second-order valence-corrected chi connectivity index (χ2v) is 6.09. The molecule has 128 valence electrons. The van der Waals surface area contributed by atoms with Gasteiger partial charge in [0.1, 0.15) is 6.04 Å². The van der Waals surface area contributed by atoms with Crippen LogP contribution in [0.4, 0.5) is 0 Å². The summed E-state index contributed by atoms with van der Waals surface area (Å²) in [5, 5.41) is 12.9. The Labute approximate surface area is 140 Å². The molecule has 3 rings (SSSR count). The van der Waals surface area contributed by atoms with Crippen molar-refractivity contribution in [1.82, 2.24) is 5.32 Å². The van der Waals surface area contributed by atoms with Crippen molar-refractivity contribution in [3.8, 4) is 23.3 Å². The smallest absolute Gasteiger partial charge is 0.323 e. The fourth-order valence-corrected chi connectivity index (χ4v) is 3.27. The van der Waals surface area contributed by atoms with Gasteiger partial charge in [0, 0.05) is 0 Å². The molecular formula is C17H20N2O5. The predicted molar refractivity (Wildman–Crippen MR) is 83.8 cm³/mol. The quantitative estimate of drug-likeness (QED) is 0.842. The number of nitriles is 1.